The number of amides is 2. The van der Waals surface area contributed by atoms with Crippen molar-refractivity contribution in [3.05, 3.63) is 22.5 Å². The maximum atomic E-state index is 12.4. The number of hydrogen-bond donors (Lipinski definition) is 1. The molecule has 9 nitrogen and oxygen atoms in total. The van der Waals surface area contributed by atoms with Crippen LogP contribution in [-0.2, 0) is 27.5 Å². The van der Waals surface area contributed by atoms with Gasteiger partial charge in [0.15, 0.2) is 0 Å². The molecule has 10 heteroatoms. The highest BCUT2D eigenvalue weighted by Gasteiger charge is 2.36. The number of rotatable bonds is 8. The van der Waals surface area contributed by atoms with E-state index in [0.29, 0.717) is 29.8 Å². The van der Waals surface area contributed by atoms with Gasteiger partial charge in [-0.1, -0.05) is 11.3 Å². The third-order valence-corrected chi connectivity index (χ3v) is 5.32. The van der Waals surface area contributed by atoms with Crippen LogP contribution in [0.25, 0.3) is 0 Å². The van der Waals surface area contributed by atoms with E-state index >= 15 is 0 Å². The molecule has 146 valence electrons. The molecule has 1 atom stereocenters. The monoisotopic (exact) mass is 392 g/mol. The SMILES string of the molecule is COCc1nnc(N2CC(C(=O)NCCCn3nc(C)cc3C)CC2=O)s1. The molecule has 0 spiro atoms. The predicted molar refractivity (Wildman–Crippen MR) is 100 cm³/mol. The summed E-state index contributed by atoms with van der Waals surface area (Å²) in [5.74, 6) is -0.556. The quantitative estimate of drug-likeness (QED) is 0.674. The van der Waals surface area contributed by atoms with E-state index in [1.807, 2.05) is 24.6 Å². The number of carbonyl (C=O) groups excluding carboxylic acids is 2. The van der Waals surface area contributed by atoms with Gasteiger partial charge in [0.2, 0.25) is 16.9 Å². The fraction of sp³-hybridized carbons (Fsp3) is 0.588. The van der Waals surface area contributed by atoms with Crippen molar-refractivity contribution < 1.29 is 14.3 Å². The van der Waals surface area contributed by atoms with E-state index in [0.717, 1.165) is 24.4 Å². The first-order valence-electron chi connectivity index (χ1n) is 8.88. The Morgan fingerprint density at radius 3 is 2.93 bits per heavy atom. The first kappa shape index (κ1) is 19.4. The molecule has 1 fully saturated rings. The van der Waals surface area contributed by atoms with Gasteiger partial charge in [-0.15, -0.1) is 10.2 Å². The van der Waals surface area contributed by atoms with Crippen molar-refractivity contribution in [3.8, 4) is 0 Å². The van der Waals surface area contributed by atoms with E-state index in [1.165, 1.54) is 16.2 Å². The summed E-state index contributed by atoms with van der Waals surface area (Å²) in [6.07, 6.45) is 0.983. The van der Waals surface area contributed by atoms with Crippen molar-refractivity contribution in [2.24, 2.45) is 5.92 Å². The fourth-order valence-electron chi connectivity index (χ4n) is 3.09. The number of anilines is 1. The first-order chi connectivity index (χ1) is 13.0. The van der Waals surface area contributed by atoms with Crippen molar-refractivity contribution in [1.29, 1.82) is 0 Å². The van der Waals surface area contributed by atoms with Gasteiger partial charge in [-0.3, -0.25) is 19.2 Å². The van der Waals surface area contributed by atoms with Gasteiger partial charge in [-0.2, -0.15) is 5.10 Å². The number of aromatic nitrogens is 4. The molecule has 0 saturated carbocycles. The third-order valence-electron chi connectivity index (χ3n) is 4.40. The Bertz CT molecular complexity index is 817. The molecule has 0 aromatic carbocycles. The van der Waals surface area contributed by atoms with Crippen LogP contribution in [0.3, 0.4) is 0 Å². The second-order valence-electron chi connectivity index (χ2n) is 6.61. The Hall–Kier alpha value is -2.33. The Balaban J connectivity index is 1.46. The van der Waals surface area contributed by atoms with Crippen LogP contribution < -0.4 is 10.2 Å². The van der Waals surface area contributed by atoms with Crippen molar-refractivity contribution in [1.82, 2.24) is 25.3 Å². The van der Waals surface area contributed by atoms with Crippen LogP contribution >= 0.6 is 11.3 Å². The van der Waals surface area contributed by atoms with Gasteiger partial charge in [0.1, 0.15) is 11.6 Å². The van der Waals surface area contributed by atoms with Crippen molar-refractivity contribution >= 4 is 28.3 Å². The molecule has 1 aliphatic rings. The summed E-state index contributed by atoms with van der Waals surface area (Å²) < 4.78 is 6.96. The number of ether oxygens (including phenoxy) is 1. The molecule has 0 aliphatic carbocycles. The van der Waals surface area contributed by atoms with E-state index in [4.69, 9.17) is 4.74 Å². The lowest BCUT2D eigenvalue weighted by Gasteiger charge is -2.13. The molecule has 1 aliphatic heterocycles. The third kappa shape index (κ3) is 4.69. The lowest BCUT2D eigenvalue weighted by atomic mass is 10.1. The van der Waals surface area contributed by atoms with E-state index in [9.17, 15) is 9.59 Å². The summed E-state index contributed by atoms with van der Waals surface area (Å²) in [6, 6.07) is 2.03. The Kier molecular flexibility index (Phi) is 6.17. The van der Waals surface area contributed by atoms with Crippen molar-refractivity contribution in [2.45, 2.75) is 39.8 Å². The van der Waals surface area contributed by atoms with Gasteiger partial charge in [0.25, 0.3) is 0 Å². The van der Waals surface area contributed by atoms with Gasteiger partial charge >= 0.3 is 0 Å². The molecule has 2 aromatic rings. The van der Waals surface area contributed by atoms with Crippen LogP contribution in [0.1, 0.15) is 29.2 Å². The average Bonchev–Trinajstić information content (AvgIpc) is 3.31. The smallest absolute Gasteiger partial charge is 0.229 e. The van der Waals surface area contributed by atoms with Gasteiger partial charge < -0.3 is 10.1 Å². The highest BCUT2D eigenvalue weighted by molar-refractivity contribution is 7.15. The van der Waals surface area contributed by atoms with Gasteiger partial charge in [0, 0.05) is 38.9 Å². The van der Waals surface area contributed by atoms with Gasteiger partial charge in [-0.05, 0) is 26.3 Å². The van der Waals surface area contributed by atoms with E-state index in [2.05, 4.69) is 20.6 Å². The van der Waals surface area contributed by atoms with E-state index in [-0.39, 0.29) is 24.2 Å². The minimum Gasteiger partial charge on any atom is -0.377 e. The number of nitrogens with zero attached hydrogens (tertiary/aromatic N) is 5. The standard InChI is InChI=1S/C17H24N6O3S/c1-11-7-12(2)23(21-11)6-4-5-18-16(25)13-8-15(24)22(9-13)17-20-19-14(27-17)10-26-3/h7,13H,4-6,8-10H2,1-3H3,(H,18,25). The van der Waals surface area contributed by atoms with Gasteiger partial charge in [-0.25, -0.2) is 0 Å². The highest BCUT2D eigenvalue weighted by atomic mass is 32.1. The Labute approximate surface area is 161 Å². The molecule has 2 amide bonds. The van der Waals surface area contributed by atoms with E-state index < -0.39 is 0 Å². The number of carbonyl (C=O) groups is 2. The largest absolute Gasteiger partial charge is 0.377 e. The fourth-order valence-corrected chi connectivity index (χ4v) is 3.93. The Morgan fingerprint density at radius 2 is 2.22 bits per heavy atom. The predicted octanol–water partition coefficient (Wildman–Crippen LogP) is 1.06. The minimum atomic E-state index is -0.360. The van der Waals surface area contributed by atoms with Crippen LogP contribution in [0.15, 0.2) is 6.07 Å². The average molecular weight is 392 g/mol. The summed E-state index contributed by atoms with van der Waals surface area (Å²) in [5, 5.41) is 16.6. The molecule has 3 heterocycles. The number of hydrogen-bond acceptors (Lipinski definition) is 7. The second kappa shape index (κ2) is 8.57. The summed E-state index contributed by atoms with van der Waals surface area (Å²) >= 11 is 1.31. The highest BCUT2D eigenvalue weighted by Crippen LogP contribution is 2.28. The van der Waals surface area contributed by atoms with Crippen LogP contribution in [-0.4, -0.2) is 52.0 Å². The summed E-state index contributed by atoms with van der Waals surface area (Å²) in [6.45, 7) is 5.98. The lowest BCUT2D eigenvalue weighted by Crippen LogP contribution is -2.33. The van der Waals surface area contributed by atoms with E-state index in [1.54, 1.807) is 7.11 Å². The first-order valence-corrected chi connectivity index (χ1v) is 9.70. The molecule has 0 radical (unpaired) electrons. The van der Waals surface area contributed by atoms with Crippen LogP contribution in [0, 0.1) is 19.8 Å². The number of aryl methyl sites for hydroxylation is 3. The molecular formula is C17H24N6O3S. The molecule has 1 saturated heterocycles. The summed E-state index contributed by atoms with van der Waals surface area (Å²) in [4.78, 5) is 26.2. The number of nitrogens with one attached hydrogen (secondary N) is 1. The van der Waals surface area contributed by atoms with Crippen LogP contribution in [0.5, 0.6) is 0 Å². The molecule has 27 heavy (non-hydrogen) atoms. The molecule has 0 bridgehead atoms. The van der Waals surface area contributed by atoms with Crippen LogP contribution in [0.4, 0.5) is 5.13 Å². The molecule has 1 N–H and O–H groups in total. The minimum absolute atomic E-state index is 0.0964. The van der Waals surface area contributed by atoms with Gasteiger partial charge in [0.05, 0.1) is 11.6 Å². The molecule has 1 unspecified atom stereocenters. The lowest BCUT2D eigenvalue weighted by molar-refractivity contribution is -0.126. The topological polar surface area (TPSA) is 102 Å². The molecule has 2 aromatic heterocycles. The van der Waals surface area contributed by atoms with Crippen LogP contribution in [0.2, 0.25) is 0 Å². The zero-order chi connectivity index (χ0) is 19.4. The molecule has 3 rings (SSSR count). The maximum Gasteiger partial charge on any atom is 0.229 e. The second-order valence-corrected chi connectivity index (χ2v) is 7.65. The molecular weight excluding hydrogens is 368 g/mol. The van der Waals surface area contributed by atoms with Crippen molar-refractivity contribution in [3.63, 3.8) is 0 Å². The maximum absolute atomic E-state index is 12.4. The normalized spacial score (nSPS) is 16.9. The summed E-state index contributed by atoms with van der Waals surface area (Å²) in [7, 11) is 1.58. The number of methoxy groups -OCH3 is 1. The van der Waals surface area contributed by atoms with Crippen molar-refractivity contribution in [2.75, 3.05) is 25.1 Å². The Morgan fingerprint density at radius 1 is 1.41 bits per heavy atom. The zero-order valence-corrected chi connectivity index (χ0v) is 16.6. The summed E-state index contributed by atoms with van der Waals surface area (Å²) in [5.41, 5.74) is 2.10. The zero-order valence-electron chi connectivity index (χ0n) is 15.8.